The molecule has 4 rings (SSSR count). The van der Waals surface area contributed by atoms with Gasteiger partial charge in [0.15, 0.2) is 11.4 Å². The number of aromatic amines is 1. The van der Waals surface area contributed by atoms with Crippen molar-refractivity contribution in [1.29, 1.82) is 0 Å². The van der Waals surface area contributed by atoms with E-state index in [0.717, 1.165) is 11.3 Å². The average molecular weight is 381 g/mol. The van der Waals surface area contributed by atoms with E-state index in [1.807, 2.05) is 18.2 Å². The molecule has 0 saturated carbocycles. The monoisotopic (exact) mass is 381 g/mol. The maximum absolute atomic E-state index is 13.0. The number of amides is 1. The van der Waals surface area contributed by atoms with Gasteiger partial charge in [-0.15, -0.1) is 5.10 Å². The molecule has 28 heavy (non-hydrogen) atoms. The summed E-state index contributed by atoms with van der Waals surface area (Å²) in [5.74, 6) is -0.104. The van der Waals surface area contributed by atoms with Gasteiger partial charge in [0.25, 0.3) is 5.91 Å². The Morgan fingerprint density at radius 3 is 2.86 bits per heavy atom. The fourth-order valence-electron chi connectivity index (χ4n) is 3.58. The Labute approximate surface area is 160 Å². The maximum Gasteiger partial charge on any atom is 0.355 e. The summed E-state index contributed by atoms with van der Waals surface area (Å²) in [6.07, 6.45) is 5.33. The highest BCUT2D eigenvalue weighted by Crippen LogP contribution is 2.32. The van der Waals surface area contributed by atoms with E-state index in [-0.39, 0.29) is 11.0 Å². The lowest BCUT2D eigenvalue weighted by molar-refractivity contribution is -0.389. The lowest BCUT2D eigenvalue weighted by Crippen LogP contribution is -2.37. The fraction of sp³-hybridized carbons (Fsp3) is 0.333. The number of rotatable bonds is 3. The van der Waals surface area contributed by atoms with E-state index in [1.54, 1.807) is 22.0 Å². The number of hydrogen-bond donors (Lipinski definition) is 1. The van der Waals surface area contributed by atoms with E-state index in [0.29, 0.717) is 25.3 Å². The Hall–Kier alpha value is -3.56. The van der Waals surface area contributed by atoms with Crippen LogP contribution in [0.3, 0.4) is 0 Å². The van der Waals surface area contributed by atoms with Crippen LogP contribution in [0.2, 0.25) is 0 Å². The normalized spacial score (nSPS) is 15.7. The molecule has 144 valence electrons. The summed E-state index contributed by atoms with van der Waals surface area (Å²) >= 11 is 0. The molecule has 0 radical (unpaired) electrons. The van der Waals surface area contributed by atoms with Crippen LogP contribution in [-0.2, 0) is 13.0 Å². The molecule has 0 saturated heterocycles. The molecule has 0 fully saturated rings. The molecule has 0 bridgehead atoms. The number of H-pyrrole nitrogens is 1. The third-order valence-electron chi connectivity index (χ3n) is 4.77. The van der Waals surface area contributed by atoms with Gasteiger partial charge in [0.05, 0.1) is 18.1 Å². The Bertz CT molecular complexity index is 1040. The second-order valence-electron chi connectivity index (χ2n) is 7.61. The van der Waals surface area contributed by atoms with Gasteiger partial charge in [-0.25, -0.2) is 9.67 Å². The highest BCUT2D eigenvalue weighted by molar-refractivity contribution is 5.97. The van der Waals surface area contributed by atoms with Crippen molar-refractivity contribution in [2.45, 2.75) is 26.8 Å². The fourth-order valence-corrected chi connectivity index (χ4v) is 3.58. The van der Waals surface area contributed by atoms with E-state index in [9.17, 15) is 14.9 Å². The van der Waals surface area contributed by atoms with Gasteiger partial charge >= 0.3 is 5.82 Å². The van der Waals surface area contributed by atoms with Crippen LogP contribution in [0.1, 0.15) is 35.5 Å². The minimum atomic E-state index is -0.631. The molecule has 4 heterocycles. The van der Waals surface area contributed by atoms with Crippen molar-refractivity contribution in [3.8, 4) is 5.82 Å². The standard InChI is InChI=1S/C18H19N7O3/c1-18(2)7-14-12(8-21-24(14)15-5-3-4-6-19-15)10-23(11-18)17(26)13-9-20-22-16(13)25(27)28/h3-6,8-9H,7,10-11H2,1-2H3,(H,20,22). The van der Waals surface area contributed by atoms with Gasteiger partial charge in [0, 0.05) is 24.8 Å². The topological polar surface area (TPSA) is 123 Å². The average Bonchev–Trinajstić information content (AvgIpc) is 3.26. The molecule has 3 aromatic rings. The molecule has 0 aliphatic carbocycles. The largest absolute Gasteiger partial charge is 0.358 e. The molecule has 1 aliphatic heterocycles. The first-order valence-electron chi connectivity index (χ1n) is 8.80. The van der Waals surface area contributed by atoms with Gasteiger partial charge in [0.2, 0.25) is 0 Å². The predicted molar refractivity (Wildman–Crippen MR) is 98.8 cm³/mol. The van der Waals surface area contributed by atoms with Crippen molar-refractivity contribution in [1.82, 2.24) is 29.9 Å². The zero-order valence-electron chi connectivity index (χ0n) is 15.5. The summed E-state index contributed by atoms with van der Waals surface area (Å²) < 4.78 is 1.80. The molecule has 1 amide bonds. The number of hydrogen-bond acceptors (Lipinski definition) is 6. The number of nitrogens with one attached hydrogen (secondary N) is 1. The van der Waals surface area contributed by atoms with Crippen molar-refractivity contribution in [3.63, 3.8) is 0 Å². The van der Waals surface area contributed by atoms with Crippen LogP contribution in [0.5, 0.6) is 0 Å². The summed E-state index contributed by atoms with van der Waals surface area (Å²) in [4.78, 5) is 29.6. The summed E-state index contributed by atoms with van der Waals surface area (Å²) in [6.45, 7) is 4.88. The molecule has 1 aliphatic rings. The number of aromatic nitrogens is 5. The van der Waals surface area contributed by atoms with Crippen LogP contribution in [-0.4, -0.2) is 47.2 Å². The van der Waals surface area contributed by atoms with Crippen LogP contribution < -0.4 is 0 Å². The Morgan fingerprint density at radius 2 is 2.14 bits per heavy atom. The zero-order valence-corrected chi connectivity index (χ0v) is 15.5. The smallest absolute Gasteiger partial charge is 0.355 e. The van der Waals surface area contributed by atoms with Gasteiger partial charge in [-0.1, -0.05) is 25.0 Å². The minimum absolute atomic E-state index is 0.0404. The van der Waals surface area contributed by atoms with E-state index >= 15 is 0 Å². The summed E-state index contributed by atoms with van der Waals surface area (Å²) in [6, 6.07) is 5.61. The van der Waals surface area contributed by atoms with E-state index in [2.05, 4.69) is 34.1 Å². The first kappa shape index (κ1) is 17.8. The first-order valence-corrected chi connectivity index (χ1v) is 8.80. The van der Waals surface area contributed by atoms with E-state index in [4.69, 9.17) is 0 Å². The molecular weight excluding hydrogens is 362 g/mol. The molecule has 0 atom stereocenters. The number of nitrogens with zero attached hydrogens (tertiary/aromatic N) is 6. The zero-order chi connectivity index (χ0) is 19.9. The lowest BCUT2D eigenvalue weighted by Gasteiger charge is -2.29. The first-order chi connectivity index (χ1) is 13.4. The highest BCUT2D eigenvalue weighted by atomic mass is 16.6. The quantitative estimate of drug-likeness (QED) is 0.548. The third kappa shape index (κ3) is 3.13. The van der Waals surface area contributed by atoms with Crippen molar-refractivity contribution < 1.29 is 9.72 Å². The third-order valence-corrected chi connectivity index (χ3v) is 4.77. The number of nitro groups is 1. The van der Waals surface area contributed by atoms with Crippen molar-refractivity contribution in [2.24, 2.45) is 5.41 Å². The lowest BCUT2D eigenvalue weighted by atomic mass is 9.87. The molecule has 1 N–H and O–H groups in total. The molecule has 3 aromatic heterocycles. The molecule has 10 heteroatoms. The van der Waals surface area contributed by atoms with Crippen LogP contribution >= 0.6 is 0 Å². The van der Waals surface area contributed by atoms with Gasteiger partial charge in [-0.3, -0.25) is 4.79 Å². The molecule has 0 aromatic carbocycles. The van der Waals surface area contributed by atoms with Crippen molar-refractivity contribution >= 4 is 11.7 Å². The SMILES string of the molecule is CC1(C)Cc2c(cnn2-c2ccccn2)CN(C(=O)c2cn[nH]c2[N+](=O)[O-])C1. The number of carbonyl (C=O) groups is 1. The van der Waals surface area contributed by atoms with Crippen LogP contribution in [0.15, 0.2) is 36.8 Å². The van der Waals surface area contributed by atoms with Crippen LogP contribution in [0.4, 0.5) is 5.82 Å². The molecular formula is C18H19N7O3. The summed E-state index contributed by atoms with van der Waals surface area (Å²) in [7, 11) is 0. The minimum Gasteiger partial charge on any atom is -0.358 e. The van der Waals surface area contributed by atoms with Crippen molar-refractivity contribution in [2.75, 3.05) is 6.54 Å². The van der Waals surface area contributed by atoms with E-state index in [1.165, 1.54) is 6.20 Å². The number of pyridine rings is 1. The Balaban J connectivity index is 1.72. The second-order valence-corrected chi connectivity index (χ2v) is 7.61. The van der Waals surface area contributed by atoms with Gasteiger partial charge in [-0.05, 0) is 28.9 Å². The van der Waals surface area contributed by atoms with Gasteiger partial charge in [-0.2, -0.15) is 5.10 Å². The summed E-state index contributed by atoms with van der Waals surface area (Å²) in [5.41, 5.74) is 1.59. The highest BCUT2D eigenvalue weighted by Gasteiger charge is 2.35. The Kier molecular flexibility index (Phi) is 4.17. The molecule has 10 nitrogen and oxygen atoms in total. The maximum atomic E-state index is 13.0. The second kappa shape index (κ2) is 6.55. The molecule has 0 spiro atoms. The van der Waals surface area contributed by atoms with Gasteiger partial charge in [0.1, 0.15) is 0 Å². The summed E-state index contributed by atoms with van der Waals surface area (Å²) in [5, 5.41) is 21.6. The predicted octanol–water partition coefficient (Wildman–Crippen LogP) is 2.12. The Morgan fingerprint density at radius 1 is 1.32 bits per heavy atom. The number of fused-ring (bicyclic) bond motifs is 1. The van der Waals surface area contributed by atoms with Crippen LogP contribution in [0, 0.1) is 15.5 Å². The number of carbonyl (C=O) groups excluding carboxylic acids is 1. The van der Waals surface area contributed by atoms with E-state index < -0.39 is 16.6 Å². The van der Waals surface area contributed by atoms with Gasteiger partial charge < -0.3 is 15.0 Å². The van der Waals surface area contributed by atoms with Crippen LogP contribution in [0.25, 0.3) is 5.82 Å². The molecule has 0 unspecified atom stereocenters. The van der Waals surface area contributed by atoms with Crippen molar-refractivity contribution in [3.05, 3.63) is 63.7 Å².